The summed E-state index contributed by atoms with van der Waals surface area (Å²) in [6, 6.07) is 8.86. The number of benzene rings is 1. The van der Waals surface area contributed by atoms with Gasteiger partial charge in [-0.1, -0.05) is 6.07 Å². The minimum absolute atomic E-state index is 0.262. The Kier molecular flexibility index (Phi) is 4.78. The summed E-state index contributed by atoms with van der Waals surface area (Å²) in [6.45, 7) is 1.71. The number of hydrogen-bond acceptors (Lipinski definition) is 4. The van der Waals surface area contributed by atoms with Gasteiger partial charge in [-0.25, -0.2) is 0 Å². The van der Waals surface area contributed by atoms with Crippen molar-refractivity contribution >= 4 is 28.9 Å². The number of hydrogen-bond donors (Lipinski definition) is 3. The summed E-state index contributed by atoms with van der Waals surface area (Å²) >= 11 is 5.09. The van der Waals surface area contributed by atoms with Crippen molar-refractivity contribution in [3.8, 4) is 5.75 Å². The van der Waals surface area contributed by atoms with Crippen LogP contribution in [0.15, 0.2) is 41.0 Å². The Hall–Kier alpha value is -2.54. The zero-order chi connectivity index (χ0) is 15.2. The van der Waals surface area contributed by atoms with E-state index in [1.165, 1.54) is 6.26 Å². The lowest BCUT2D eigenvalue weighted by Gasteiger charge is -2.12. The largest absolute Gasteiger partial charge is 0.497 e. The molecule has 2 rings (SSSR count). The van der Waals surface area contributed by atoms with Crippen LogP contribution in [-0.4, -0.2) is 18.1 Å². The predicted octanol–water partition coefficient (Wildman–Crippen LogP) is 2.23. The second-order valence-electron chi connectivity index (χ2n) is 4.16. The zero-order valence-corrected chi connectivity index (χ0v) is 12.4. The Morgan fingerprint density at radius 1 is 1.29 bits per heavy atom. The van der Waals surface area contributed by atoms with Crippen molar-refractivity contribution in [2.75, 3.05) is 12.4 Å². The third-order valence-corrected chi connectivity index (χ3v) is 2.92. The van der Waals surface area contributed by atoms with E-state index in [9.17, 15) is 4.79 Å². The maximum absolute atomic E-state index is 11.8. The SMILES string of the molecule is COc1cccc(NC(=S)NNC(=O)c2ccoc2C)c1. The molecule has 1 aromatic heterocycles. The molecule has 1 amide bonds. The molecule has 21 heavy (non-hydrogen) atoms. The van der Waals surface area contributed by atoms with Crippen LogP contribution in [0, 0.1) is 6.92 Å². The molecule has 2 aromatic rings. The van der Waals surface area contributed by atoms with Crippen LogP contribution in [0.1, 0.15) is 16.1 Å². The van der Waals surface area contributed by atoms with E-state index in [-0.39, 0.29) is 11.0 Å². The van der Waals surface area contributed by atoms with Gasteiger partial charge in [0.15, 0.2) is 5.11 Å². The normalized spacial score (nSPS) is 9.81. The van der Waals surface area contributed by atoms with Gasteiger partial charge in [0.1, 0.15) is 11.5 Å². The van der Waals surface area contributed by atoms with E-state index in [0.717, 1.165) is 5.69 Å². The third-order valence-electron chi connectivity index (χ3n) is 2.72. The van der Waals surface area contributed by atoms with E-state index >= 15 is 0 Å². The van der Waals surface area contributed by atoms with Crippen molar-refractivity contribution in [1.82, 2.24) is 10.9 Å². The lowest BCUT2D eigenvalue weighted by Crippen LogP contribution is -2.43. The van der Waals surface area contributed by atoms with E-state index in [2.05, 4.69) is 16.2 Å². The molecular weight excluding hydrogens is 290 g/mol. The Balaban J connectivity index is 1.87. The van der Waals surface area contributed by atoms with Crippen LogP contribution < -0.4 is 20.9 Å². The molecule has 0 aliphatic rings. The van der Waals surface area contributed by atoms with Crippen molar-refractivity contribution in [2.45, 2.75) is 6.92 Å². The van der Waals surface area contributed by atoms with Gasteiger partial charge >= 0.3 is 0 Å². The molecule has 0 atom stereocenters. The number of ether oxygens (including phenoxy) is 1. The van der Waals surface area contributed by atoms with E-state index in [0.29, 0.717) is 17.1 Å². The highest BCUT2D eigenvalue weighted by Crippen LogP contribution is 2.16. The fraction of sp³-hybridized carbons (Fsp3) is 0.143. The van der Waals surface area contributed by atoms with Crippen LogP contribution in [0.4, 0.5) is 5.69 Å². The molecular formula is C14H15N3O3S. The average molecular weight is 305 g/mol. The molecule has 0 saturated carbocycles. The highest BCUT2D eigenvalue weighted by Gasteiger charge is 2.11. The number of thiocarbonyl (C=S) groups is 1. The van der Waals surface area contributed by atoms with E-state index in [4.69, 9.17) is 21.4 Å². The molecule has 0 aliphatic heterocycles. The highest BCUT2D eigenvalue weighted by molar-refractivity contribution is 7.80. The quantitative estimate of drug-likeness (QED) is 0.596. The summed E-state index contributed by atoms with van der Waals surface area (Å²) in [4.78, 5) is 11.8. The molecule has 0 bridgehead atoms. The first-order valence-electron chi connectivity index (χ1n) is 6.15. The maximum atomic E-state index is 11.8. The minimum Gasteiger partial charge on any atom is -0.497 e. The summed E-state index contributed by atoms with van der Waals surface area (Å²) in [5.74, 6) is 0.929. The molecule has 1 aromatic carbocycles. The van der Waals surface area contributed by atoms with Crippen molar-refractivity contribution in [3.05, 3.63) is 47.9 Å². The van der Waals surface area contributed by atoms with Gasteiger partial charge in [0.05, 0.1) is 18.9 Å². The first-order chi connectivity index (χ1) is 10.1. The van der Waals surface area contributed by atoms with Gasteiger partial charge < -0.3 is 14.5 Å². The number of carbonyl (C=O) groups excluding carboxylic acids is 1. The van der Waals surface area contributed by atoms with Gasteiger partial charge in [-0.2, -0.15) is 0 Å². The minimum atomic E-state index is -0.323. The standard InChI is InChI=1S/C14H15N3O3S/c1-9-12(6-7-20-9)13(18)16-17-14(21)15-10-4-3-5-11(8-10)19-2/h3-8H,1-2H3,(H,16,18)(H2,15,17,21). The molecule has 0 radical (unpaired) electrons. The summed E-state index contributed by atoms with van der Waals surface area (Å²) < 4.78 is 10.2. The molecule has 0 unspecified atom stereocenters. The average Bonchev–Trinajstić information content (AvgIpc) is 2.91. The number of amides is 1. The molecule has 7 heteroatoms. The van der Waals surface area contributed by atoms with Crippen molar-refractivity contribution in [2.24, 2.45) is 0 Å². The van der Waals surface area contributed by atoms with Crippen molar-refractivity contribution in [1.29, 1.82) is 0 Å². The molecule has 1 heterocycles. The lowest BCUT2D eigenvalue weighted by atomic mass is 10.2. The van der Waals surface area contributed by atoms with Gasteiger partial charge in [0.25, 0.3) is 5.91 Å². The number of aryl methyl sites for hydroxylation is 1. The Morgan fingerprint density at radius 3 is 2.76 bits per heavy atom. The smallest absolute Gasteiger partial charge is 0.273 e. The maximum Gasteiger partial charge on any atom is 0.273 e. The fourth-order valence-electron chi connectivity index (χ4n) is 1.66. The number of methoxy groups -OCH3 is 1. The number of anilines is 1. The van der Waals surface area contributed by atoms with Crippen LogP contribution >= 0.6 is 12.2 Å². The first-order valence-corrected chi connectivity index (χ1v) is 6.56. The van der Waals surface area contributed by atoms with Crippen LogP contribution in [-0.2, 0) is 0 Å². The lowest BCUT2D eigenvalue weighted by molar-refractivity contribution is 0.0942. The fourth-order valence-corrected chi connectivity index (χ4v) is 1.83. The van der Waals surface area contributed by atoms with Crippen molar-refractivity contribution < 1.29 is 13.9 Å². The zero-order valence-electron chi connectivity index (χ0n) is 11.6. The molecule has 3 N–H and O–H groups in total. The Morgan fingerprint density at radius 2 is 2.10 bits per heavy atom. The molecule has 110 valence electrons. The summed E-state index contributed by atoms with van der Waals surface area (Å²) in [5, 5.41) is 3.20. The van der Waals surface area contributed by atoms with E-state index < -0.39 is 0 Å². The van der Waals surface area contributed by atoms with Gasteiger partial charge in [0, 0.05) is 11.8 Å². The summed E-state index contributed by atoms with van der Waals surface area (Å²) in [6.07, 6.45) is 1.46. The van der Waals surface area contributed by atoms with Gasteiger partial charge in [-0.3, -0.25) is 15.6 Å². The second kappa shape index (κ2) is 6.76. The number of rotatable bonds is 3. The van der Waals surface area contributed by atoms with Crippen LogP contribution in [0.25, 0.3) is 0 Å². The van der Waals surface area contributed by atoms with Crippen LogP contribution in [0.3, 0.4) is 0 Å². The Labute approximate surface area is 127 Å². The van der Waals surface area contributed by atoms with E-state index in [1.807, 2.05) is 18.2 Å². The molecule has 0 aliphatic carbocycles. The Bertz CT molecular complexity index is 654. The van der Waals surface area contributed by atoms with Gasteiger partial charge in [0.2, 0.25) is 0 Å². The summed E-state index contributed by atoms with van der Waals surface area (Å²) in [7, 11) is 1.59. The van der Waals surface area contributed by atoms with Gasteiger partial charge in [-0.05, 0) is 37.3 Å². The van der Waals surface area contributed by atoms with Gasteiger partial charge in [-0.15, -0.1) is 0 Å². The van der Waals surface area contributed by atoms with E-state index in [1.54, 1.807) is 26.2 Å². The number of furan rings is 1. The number of hydrazine groups is 1. The monoisotopic (exact) mass is 305 g/mol. The topological polar surface area (TPSA) is 75.5 Å². The number of nitrogens with one attached hydrogen (secondary N) is 3. The second-order valence-corrected chi connectivity index (χ2v) is 4.56. The van der Waals surface area contributed by atoms with Crippen LogP contribution in [0.2, 0.25) is 0 Å². The molecule has 6 nitrogen and oxygen atoms in total. The molecule has 0 fully saturated rings. The first kappa shape index (κ1) is 14.9. The van der Waals surface area contributed by atoms with Crippen molar-refractivity contribution in [3.63, 3.8) is 0 Å². The number of carbonyl (C=O) groups is 1. The molecule has 0 saturated heterocycles. The van der Waals surface area contributed by atoms with Crippen LogP contribution in [0.5, 0.6) is 5.75 Å². The highest BCUT2D eigenvalue weighted by atomic mass is 32.1. The predicted molar refractivity (Wildman–Crippen MR) is 83.3 cm³/mol. The summed E-state index contributed by atoms with van der Waals surface area (Å²) in [5.41, 5.74) is 6.31. The third kappa shape index (κ3) is 3.96. The molecule has 0 spiro atoms.